The van der Waals surface area contributed by atoms with Gasteiger partial charge in [-0.2, -0.15) is 13.2 Å². The minimum Gasteiger partial charge on any atom is -0.490 e. The molecule has 1 heterocycles. The van der Waals surface area contributed by atoms with Crippen LogP contribution in [0.15, 0.2) is 60.9 Å². The summed E-state index contributed by atoms with van der Waals surface area (Å²) in [7, 11) is 3.18. The Labute approximate surface area is 243 Å². The molecule has 0 saturated carbocycles. The van der Waals surface area contributed by atoms with Gasteiger partial charge in [-0.1, -0.05) is 0 Å². The van der Waals surface area contributed by atoms with Gasteiger partial charge >= 0.3 is 12.2 Å². The summed E-state index contributed by atoms with van der Waals surface area (Å²) in [6, 6.07) is 11.0. The number of aromatic nitrogens is 2. The molecule has 3 aromatic carbocycles. The molecule has 0 aliphatic rings. The lowest BCUT2D eigenvalue weighted by molar-refractivity contribution is -0.139. The lowest BCUT2D eigenvalue weighted by Crippen LogP contribution is -2.20. The number of methoxy groups -OCH3 is 2. The van der Waals surface area contributed by atoms with Crippen LogP contribution in [0.4, 0.5) is 33.7 Å². The number of fused-ring (bicyclic) bond motifs is 1. The Balaban J connectivity index is 1.46. The summed E-state index contributed by atoms with van der Waals surface area (Å²) in [5.41, 5.74) is -0.842. The van der Waals surface area contributed by atoms with Gasteiger partial charge in [-0.3, -0.25) is 0 Å². The molecule has 43 heavy (non-hydrogen) atoms. The van der Waals surface area contributed by atoms with Gasteiger partial charge in [0.1, 0.15) is 24.5 Å². The first-order chi connectivity index (χ1) is 20.7. The molecule has 0 unspecified atom stereocenters. The van der Waals surface area contributed by atoms with Crippen LogP contribution in [0.3, 0.4) is 0 Å². The predicted octanol–water partition coefficient (Wildman–Crippen LogP) is 6.66. The van der Waals surface area contributed by atoms with E-state index >= 15 is 0 Å². The Morgan fingerprint density at radius 1 is 0.814 bits per heavy atom. The van der Waals surface area contributed by atoms with Crippen LogP contribution in [-0.4, -0.2) is 56.6 Å². The number of urea groups is 1. The van der Waals surface area contributed by atoms with E-state index in [9.17, 15) is 22.4 Å². The van der Waals surface area contributed by atoms with E-state index in [0.717, 1.165) is 6.07 Å². The second-order valence-electron chi connectivity index (χ2n) is 8.93. The first kappa shape index (κ1) is 31.3. The molecular weight excluding hydrogens is 576 g/mol. The SMILES string of the molecule is COCCCOc1cc2c(Oc3ccc(NC(=O)Nc4ccc(F)c(C(F)(F)F)c4)cc3)ncnc2cc1OCCOC. The molecule has 0 aliphatic carbocycles. The molecule has 2 amide bonds. The average molecular weight is 605 g/mol. The molecule has 1 aromatic heterocycles. The zero-order chi connectivity index (χ0) is 30.8. The van der Waals surface area contributed by atoms with Crippen molar-refractivity contribution in [1.82, 2.24) is 9.97 Å². The number of nitrogens with one attached hydrogen (secondary N) is 2. The van der Waals surface area contributed by atoms with Gasteiger partial charge in [-0.25, -0.2) is 19.2 Å². The third-order valence-electron chi connectivity index (χ3n) is 5.82. The van der Waals surface area contributed by atoms with Crippen LogP contribution >= 0.6 is 0 Å². The van der Waals surface area contributed by atoms with Gasteiger partial charge < -0.3 is 34.3 Å². The third kappa shape index (κ3) is 8.66. The lowest BCUT2D eigenvalue weighted by Gasteiger charge is -2.15. The number of hydrogen-bond acceptors (Lipinski definition) is 8. The van der Waals surface area contributed by atoms with Gasteiger partial charge in [0, 0.05) is 44.7 Å². The zero-order valence-corrected chi connectivity index (χ0v) is 23.2. The number of ether oxygens (including phenoxy) is 5. The minimum absolute atomic E-state index is 0.226. The maximum Gasteiger partial charge on any atom is 0.419 e. The fourth-order valence-corrected chi connectivity index (χ4v) is 3.80. The molecule has 0 bridgehead atoms. The van der Waals surface area contributed by atoms with Crippen LogP contribution < -0.4 is 24.8 Å². The van der Waals surface area contributed by atoms with Crippen LogP contribution in [0.25, 0.3) is 10.9 Å². The summed E-state index contributed by atoms with van der Waals surface area (Å²) in [6.45, 7) is 1.61. The Morgan fingerprint density at radius 2 is 1.49 bits per heavy atom. The van der Waals surface area contributed by atoms with Gasteiger partial charge in [-0.15, -0.1) is 0 Å². The summed E-state index contributed by atoms with van der Waals surface area (Å²) in [4.78, 5) is 20.9. The van der Waals surface area contributed by atoms with Gasteiger partial charge in [0.2, 0.25) is 5.88 Å². The van der Waals surface area contributed by atoms with Crippen LogP contribution in [-0.2, 0) is 15.7 Å². The fourth-order valence-electron chi connectivity index (χ4n) is 3.80. The summed E-state index contributed by atoms with van der Waals surface area (Å²) in [5, 5.41) is 5.30. The maximum absolute atomic E-state index is 13.5. The highest BCUT2D eigenvalue weighted by Gasteiger charge is 2.34. The minimum atomic E-state index is -4.90. The van der Waals surface area contributed by atoms with Crippen molar-refractivity contribution in [2.24, 2.45) is 0 Å². The van der Waals surface area contributed by atoms with Crippen LogP contribution in [0, 0.1) is 5.82 Å². The summed E-state index contributed by atoms with van der Waals surface area (Å²) < 4.78 is 80.2. The summed E-state index contributed by atoms with van der Waals surface area (Å²) >= 11 is 0. The normalized spacial score (nSPS) is 11.3. The molecule has 228 valence electrons. The second-order valence-corrected chi connectivity index (χ2v) is 8.93. The van der Waals surface area contributed by atoms with Gasteiger partial charge in [-0.05, 0) is 48.5 Å². The number of nitrogens with zero attached hydrogens (tertiary/aromatic N) is 2. The number of carbonyl (C=O) groups excluding carboxylic acids is 1. The molecule has 0 radical (unpaired) electrons. The maximum atomic E-state index is 13.5. The number of carbonyl (C=O) groups is 1. The second kappa shape index (κ2) is 14.5. The fraction of sp³-hybridized carbons (Fsp3) is 0.276. The molecule has 10 nitrogen and oxygen atoms in total. The molecule has 4 rings (SSSR count). The summed E-state index contributed by atoms with van der Waals surface area (Å²) in [5.74, 6) is 0.129. The highest BCUT2D eigenvalue weighted by atomic mass is 19.4. The van der Waals surface area contributed by atoms with E-state index in [0.29, 0.717) is 78.8 Å². The lowest BCUT2D eigenvalue weighted by atomic mass is 10.2. The smallest absolute Gasteiger partial charge is 0.419 e. The Morgan fingerprint density at radius 3 is 2.21 bits per heavy atom. The van der Waals surface area contributed by atoms with E-state index in [1.54, 1.807) is 38.5 Å². The van der Waals surface area contributed by atoms with Gasteiger partial charge in [0.15, 0.2) is 11.5 Å². The molecular formula is C29H28F4N4O6. The van der Waals surface area contributed by atoms with E-state index in [4.69, 9.17) is 23.7 Å². The highest BCUT2D eigenvalue weighted by Crippen LogP contribution is 2.37. The van der Waals surface area contributed by atoms with Crippen LogP contribution in [0.1, 0.15) is 12.0 Å². The van der Waals surface area contributed by atoms with Crippen molar-refractivity contribution in [3.8, 4) is 23.1 Å². The number of hydrogen-bond donors (Lipinski definition) is 2. The van der Waals surface area contributed by atoms with Crippen molar-refractivity contribution >= 4 is 28.3 Å². The molecule has 0 saturated heterocycles. The topological polar surface area (TPSA) is 113 Å². The van der Waals surface area contributed by atoms with Crippen molar-refractivity contribution in [3.05, 3.63) is 72.3 Å². The first-order valence-corrected chi connectivity index (χ1v) is 12.9. The molecule has 0 spiro atoms. The van der Waals surface area contributed by atoms with E-state index in [1.165, 1.54) is 18.5 Å². The van der Waals surface area contributed by atoms with Crippen molar-refractivity contribution in [2.45, 2.75) is 12.6 Å². The Hall–Kier alpha value is -4.69. The molecule has 0 fully saturated rings. The number of anilines is 2. The number of alkyl halides is 3. The number of halogens is 4. The number of amides is 2. The zero-order valence-electron chi connectivity index (χ0n) is 23.2. The number of benzene rings is 3. The van der Waals surface area contributed by atoms with Gasteiger partial charge in [0.05, 0.1) is 29.7 Å². The van der Waals surface area contributed by atoms with E-state index in [-0.39, 0.29) is 11.6 Å². The largest absolute Gasteiger partial charge is 0.490 e. The van der Waals surface area contributed by atoms with Crippen LogP contribution in [0.2, 0.25) is 0 Å². The summed E-state index contributed by atoms with van der Waals surface area (Å²) in [6.07, 6.45) is -2.89. The molecule has 2 N–H and O–H groups in total. The predicted molar refractivity (Wildman–Crippen MR) is 149 cm³/mol. The van der Waals surface area contributed by atoms with E-state index < -0.39 is 23.6 Å². The Kier molecular flexibility index (Phi) is 10.5. The van der Waals surface area contributed by atoms with Crippen LogP contribution in [0.5, 0.6) is 23.1 Å². The Bertz CT molecular complexity index is 1540. The highest BCUT2D eigenvalue weighted by molar-refractivity contribution is 5.99. The molecule has 0 atom stereocenters. The van der Waals surface area contributed by atoms with E-state index in [2.05, 4.69) is 20.6 Å². The average Bonchev–Trinajstić information content (AvgIpc) is 2.97. The molecule has 0 aliphatic heterocycles. The van der Waals surface area contributed by atoms with E-state index in [1.807, 2.05) is 0 Å². The standard InChI is InChI=1S/C29H28F4N4O6/c1-39-10-3-11-41-25-15-21-24(16-26(25)42-13-12-40-2)34-17-35-27(21)43-20-7-4-18(5-8-20)36-28(38)37-19-6-9-23(30)22(14-19)29(31,32)33/h4-9,14-17H,3,10-13H2,1-2H3,(H2,36,37,38). The molecule has 14 heteroatoms. The number of rotatable bonds is 13. The van der Waals surface area contributed by atoms with Crippen molar-refractivity contribution < 1.29 is 46.0 Å². The van der Waals surface area contributed by atoms with Crippen molar-refractivity contribution in [1.29, 1.82) is 0 Å². The third-order valence-corrected chi connectivity index (χ3v) is 5.82. The monoisotopic (exact) mass is 604 g/mol. The van der Waals surface area contributed by atoms with Crippen molar-refractivity contribution in [3.63, 3.8) is 0 Å². The first-order valence-electron chi connectivity index (χ1n) is 12.9. The van der Waals surface area contributed by atoms with Gasteiger partial charge in [0.25, 0.3) is 0 Å². The van der Waals surface area contributed by atoms with Crippen molar-refractivity contribution in [2.75, 3.05) is 51.3 Å². The quantitative estimate of drug-likeness (QED) is 0.129. The molecule has 4 aromatic rings.